The minimum Gasteiger partial charge on any atom is -0.489 e. The Morgan fingerprint density at radius 2 is 1.84 bits per heavy atom. The maximum atomic E-state index is 11.4. The van der Waals surface area contributed by atoms with Gasteiger partial charge >= 0.3 is 5.97 Å². The summed E-state index contributed by atoms with van der Waals surface area (Å²) in [7, 11) is 0. The van der Waals surface area contributed by atoms with E-state index >= 15 is 0 Å². The molecule has 2 N–H and O–H groups in total. The minimum absolute atomic E-state index is 0.310. The number of nitrogens with one attached hydrogen (secondary N) is 1. The average Bonchev–Trinajstić information content (AvgIpc) is 2.58. The molecule has 2 aromatic rings. The second-order valence-corrected chi connectivity index (χ2v) is 6.86. The molecule has 0 radical (unpaired) electrons. The van der Waals surface area contributed by atoms with E-state index in [9.17, 15) is 9.90 Å². The van der Waals surface area contributed by atoms with Crippen molar-refractivity contribution < 1.29 is 14.6 Å². The van der Waals surface area contributed by atoms with Gasteiger partial charge in [-0.1, -0.05) is 55.8 Å². The minimum atomic E-state index is -0.826. The number of rotatable bonds is 9. The molecule has 0 saturated heterocycles. The van der Waals surface area contributed by atoms with Gasteiger partial charge in [0.25, 0.3) is 0 Å². The monoisotopic (exact) mass is 361 g/mol. The van der Waals surface area contributed by atoms with Crippen molar-refractivity contribution in [3.8, 4) is 5.75 Å². The largest absolute Gasteiger partial charge is 0.489 e. The van der Waals surface area contributed by atoms with Crippen LogP contribution in [-0.4, -0.2) is 17.1 Å². The van der Waals surface area contributed by atoms with Gasteiger partial charge in [0, 0.05) is 17.1 Å². The Bertz CT molecular complexity index is 686. The van der Waals surface area contributed by atoms with Crippen LogP contribution in [0.4, 0.5) is 0 Å². The van der Waals surface area contributed by atoms with Crippen LogP contribution in [-0.2, 0) is 17.9 Å². The number of hydrogen-bond acceptors (Lipinski definition) is 3. The van der Waals surface area contributed by atoms with Crippen molar-refractivity contribution in [2.24, 2.45) is 5.92 Å². The number of aliphatic carboxylic acids is 1. The predicted octanol–water partition coefficient (Wildman–Crippen LogP) is 4.51. The summed E-state index contributed by atoms with van der Waals surface area (Å²) >= 11 is 5.89. The van der Waals surface area contributed by atoms with Crippen molar-refractivity contribution in [3.63, 3.8) is 0 Å². The molecule has 0 aliphatic carbocycles. The van der Waals surface area contributed by atoms with Crippen LogP contribution in [0.15, 0.2) is 48.5 Å². The highest BCUT2D eigenvalue weighted by atomic mass is 35.5. The highest BCUT2D eigenvalue weighted by molar-refractivity contribution is 6.30. The van der Waals surface area contributed by atoms with Crippen LogP contribution in [0.2, 0.25) is 5.02 Å². The first-order valence-corrected chi connectivity index (χ1v) is 8.75. The van der Waals surface area contributed by atoms with Crippen molar-refractivity contribution in [2.75, 3.05) is 0 Å². The maximum Gasteiger partial charge on any atom is 0.320 e. The molecule has 0 aromatic heterocycles. The third-order valence-electron chi connectivity index (χ3n) is 3.82. The molecule has 0 heterocycles. The van der Waals surface area contributed by atoms with Crippen LogP contribution in [0, 0.1) is 5.92 Å². The summed E-state index contributed by atoms with van der Waals surface area (Å²) in [6.07, 6.45) is 0.586. The molecule has 1 unspecified atom stereocenters. The second kappa shape index (κ2) is 9.44. The molecule has 134 valence electrons. The number of carboxylic acids is 1. The Hall–Kier alpha value is -2.04. The molecule has 0 bridgehead atoms. The molecular weight excluding hydrogens is 338 g/mol. The smallest absolute Gasteiger partial charge is 0.320 e. The Balaban J connectivity index is 1.99. The fraction of sp³-hybridized carbons (Fsp3) is 0.350. The van der Waals surface area contributed by atoms with E-state index in [1.54, 1.807) is 0 Å². The van der Waals surface area contributed by atoms with E-state index in [1.807, 2.05) is 62.4 Å². The van der Waals surface area contributed by atoms with E-state index in [0.717, 1.165) is 16.9 Å². The lowest BCUT2D eigenvalue weighted by Gasteiger charge is -2.18. The van der Waals surface area contributed by atoms with Crippen LogP contribution in [0.1, 0.15) is 31.4 Å². The summed E-state index contributed by atoms with van der Waals surface area (Å²) in [5, 5.41) is 13.1. The van der Waals surface area contributed by atoms with Crippen LogP contribution in [0.25, 0.3) is 0 Å². The standard InChI is InChI=1S/C20H24ClNO3/c1-14(2)11-18(20(23)24)22-12-16-5-3-4-6-19(16)25-13-15-7-9-17(21)10-8-15/h3-10,14,18,22H,11-13H2,1-2H3,(H,23,24). The molecule has 4 nitrogen and oxygen atoms in total. The summed E-state index contributed by atoms with van der Waals surface area (Å²) in [5.41, 5.74) is 1.96. The lowest BCUT2D eigenvalue weighted by Crippen LogP contribution is -2.37. The average molecular weight is 362 g/mol. The normalized spacial score (nSPS) is 12.2. The number of hydrogen-bond donors (Lipinski definition) is 2. The molecule has 25 heavy (non-hydrogen) atoms. The van der Waals surface area contributed by atoms with Gasteiger partial charge in [0.15, 0.2) is 0 Å². The number of carbonyl (C=O) groups is 1. The fourth-order valence-corrected chi connectivity index (χ4v) is 2.63. The zero-order valence-corrected chi connectivity index (χ0v) is 15.3. The number of carboxylic acid groups (broad SMARTS) is 1. The Morgan fingerprint density at radius 1 is 1.16 bits per heavy atom. The zero-order chi connectivity index (χ0) is 18.2. The SMILES string of the molecule is CC(C)CC(NCc1ccccc1OCc1ccc(Cl)cc1)C(=O)O. The predicted molar refractivity (Wildman–Crippen MR) is 99.9 cm³/mol. The molecule has 2 aromatic carbocycles. The fourth-order valence-electron chi connectivity index (χ4n) is 2.51. The zero-order valence-electron chi connectivity index (χ0n) is 14.5. The van der Waals surface area contributed by atoms with E-state index < -0.39 is 12.0 Å². The summed E-state index contributed by atoms with van der Waals surface area (Å²) in [4.78, 5) is 11.4. The molecular formula is C20H24ClNO3. The van der Waals surface area contributed by atoms with Gasteiger partial charge in [-0.3, -0.25) is 4.79 Å². The summed E-state index contributed by atoms with van der Waals surface area (Å²) < 4.78 is 5.91. The lowest BCUT2D eigenvalue weighted by molar-refractivity contribution is -0.140. The molecule has 5 heteroatoms. The van der Waals surface area contributed by atoms with Crippen LogP contribution >= 0.6 is 11.6 Å². The number of benzene rings is 2. The van der Waals surface area contributed by atoms with Crippen molar-refractivity contribution in [1.82, 2.24) is 5.32 Å². The Labute approximate surface area is 153 Å². The van der Waals surface area contributed by atoms with Gasteiger partial charge in [-0.05, 0) is 36.1 Å². The van der Waals surface area contributed by atoms with Crippen molar-refractivity contribution in [1.29, 1.82) is 0 Å². The molecule has 0 saturated carbocycles. The van der Waals surface area contributed by atoms with Crippen LogP contribution < -0.4 is 10.1 Å². The third-order valence-corrected chi connectivity index (χ3v) is 4.08. The lowest BCUT2D eigenvalue weighted by atomic mass is 10.0. The number of halogens is 1. The maximum absolute atomic E-state index is 11.4. The van der Waals surface area contributed by atoms with Crippen molar-refractivity contribution >= 4 is 17.6 Å². The molecule has 0 amide bonds. The molecule has 2 rings (SSSR count). The summed E-state index contributed by atoms with van der Waals surface area (Å²) in [6, 6.07) is 14.6. The van der Waals surface area contributed by atoms with Crippen molar-refractivity contribution in [3.05, 3.63) is 64.7 Å². The van der Waals surface area contributed by atoms with Gasteiger partial charge in [-0.25, -0.2) is 0 Å². The Morgan fingerprint density at radius 3 is 2.48 bits per heavy atom. The third kappa shape index (κ3) is 6.40. The van der Waals surface area contributed by atoms with Gasteiger partial charge in [0.05, 0.1) is 0 Å². The van der Waals surface area contributed by atoms with E-state index in [4.69, 9.17) is 16.3 Å². The van der Waals surface area contributed by atoms with Crippen LogP contribution in [0.3, 0.4) is 0 Å². The van der Waals surface area contributed by atoms with E-state index in [2.05, 4.69) is 5.32 Å². The summed E-state index contributed by atoms with van der Waals surface area (Å²) in [6.45, 7) is 4.91. The van der Waals surface area contributed by atoms with Gasteiger partial charge in [-0.2, -0.15) is 0 Å². The molecule has 0 aliphatic heterocycles. The first kappa shape index (κ1) is 19.3. The molecule has 0 aliphatic rings. The second-order valence-electron chi connectivity index (χ2n) is 6.42. The van der Waals surface area contributed by atoms with Crippen molar-refractivity contribution in [2.45, 2.75) is 39.5 Å². The topological polar surface area (TPSA) is 58.6 Å². The van der Waals surface area contributed by atoms with Gasteiger partial charge in [0.2, 0.25) is 0 Å². The van der Waals surface area contributed by atoms with E-state index in [-0.39, 0.29) is 0 Å². The first-order chi connectivity index (χ1) is 12.0. The number of para-hydroxylation sites is 1. The molecule has 0 fully saturated rings. The highest BCUT2D eigenvalue weighted by Gasteiger charge is 2.18. The van der Waals surface area contributed by atoms with E-state index in [1.165, 1.54) is 0 Å². The molecule has 1 atom stereocenters. The van der Waals surface area contributed by atoms with Gasteiger partial charge < -0.3 is 15.2 Å². The molecule has 0 spiro atoms. The van der Waals surface area contributed by atoms with Crippen LogP contribution in [0.5, 0.6) is 5.75 Å². The Kier molecular flexibility index (Phi) is 7.29. The number of ether oxygens (including phenoxy) is 1. The quantitative estimate of drug-likeness (QED) is 0.690. The highest BCUT2D eigenvalue weighted by Crippen LogP contribution is 2.20. The summed E-state index contributed by atoms with van der Waals surface area (Å²) in [5.74, 6) is 0.233. The first-order valence-electron chi connectivity index (χ1n) is 8.37. The van der Waals surface area contributed by atoms with Gasteiger partial charge in [-0.15, -0.1) is 0 Å². The van der Waals surface area contributed by atoms with E-state index in [0.29, 0.717) is 30.5 Å². The van der Waals surface area contributed by atoms with Gasteiger partial charge in [0.1, 0.15) is 18.4 Å².